The molecule has 0 aliphatic carbocycles. The lowest BCUT2D eigenvalue weighted by Crippen LogP contribution is -2.39. The molecule has 0 bridgehead atoms. The molecule has 0 atom stereocenters. The zero-order valence-corrected chi connectivity index (χ0v) is 18.7. The summed E-state index contributed by atoms with van der Waals surface area (Å²) in [6.45, 7) is 3.76. The number of benzene rings is 2. The normalized spacial score (nSPS) is 10.4. The molecule has 3 amide bonds. The first-order valence-corrected chi connectivity index (χ1v) is 11.1. The Labute approximate surface area is 187 Å². The lowest BCUT2D eigenvalue weighted by Gasteiger charge is -2.21. The first-order chi connectivity index (χ1) is 15.0. The van der Waals surface area contributed by atoms with Crippen LogP contribution < -0.4 is 10.6 Å². The van der Waals surface area contributed by atoms with Crippen molar-refractivity contribution >= 4 is 29.5 Å². The fraction of sp³-hybridized carbons (Fsp3) is 0.348. The predicted octanol–water partition coefficient (Wildman–Crippen LogP) is 2.32. The van der Waals surface area contributed by atoms with Crippen molar-refractivity contribution in [1.82, 2.24) is 15.5 Å². The van der Waals surface area contributed by atoms with E-state index in [1.807, 2.05) is 43.3 Å². The molecular weight excluding hydrogens is 414 g/mol. The second kappa shape index (κ2) is 13.5. The van der Waals surface area contributed by atoms with Gasteiger partial charge < -0.3 is 20.3 Å². The second-order valence-corrected chi connectivity index (χ2v) is 7.72. The summed E-state index contributed by atoms with van der Waals surface area (Å²) in [5.41, 5.74) is 1.48. The van der Waals surface area contributed by atoms with E-state index in [2.05, 4.69) is 10.6 Å². The summed E-state index contributed by atoms with van der Waals surface area (Å²) >= 11 is 1.28. The van der Waals surface area contributed by atoms with Crippen LogP contribution in [0.5, 0.6) is 0 Å². The summed E-state index contributed by atoms with van der Waals surface area (Å²) in [4.78, 5) is 39.6. The molecule has 2 aromatic carbocycles. The zero-order chi connectivity index (χ0) is 22.5. The van der Waals surface area contributed by atoms with Gasteiger partial charge in [-0.25, -0.2) is 0 Å². The molecular formula is C23H29N3O4S. The molecule has 2 aromatic rings. The van der Waals surface area contributed by atoms with Crippen molar-refractivity contribution in [2.75, 3.05) is 39.1 Å². The number of ether oxygens (including phenoxy) is 1. The summed E-state index contributed by atoms with van der Waals surface area (Å²) in [5.74, 6) is -0.436. The summed E-state index contributed by atoms with van der Waals surface area (Å²) < 4.78 is 4.90. The van der Waals surface area contributed by atoms with E-state index in [0.717, 1.165) is 5.56 Å². The van der Waals surface area contributed by atoms with Gasteiger partial charge in [-0.1, -0.05) is 42.5 Å². The van der Waals surface area contributed by atoms with E-state index < -0.39 is 0 Å². The van der Waals surface area contributed by atoms with Crippen molar-refractivity contribution in [3.8, 4) is 0 Å². The number of thioether (sulfide) groups is 1. The lowest BCUT2D eigenvalue weighted by atomic mass is 10.2. The molecule has 7 nitrogen and oxygen atoms in total. The van der Waals surface area contributed by atoms with Crippen LogP contribution in [0.1, 0.15) is 22.8 Å². The molecule has 0 unspecified atom stereocenters. The highest BCUT2D eigenvalue weighted by molar-refractivity contribution is 8.00. The smallest absolute Gasteiger partial charge is 0.252 e. The molecule has 0 aliphatic rings. The quantitative estimate of drug-likeness (QED) is 0.388. The maximum Gasteiger partial charge on any atom is 0.252 e. The number of carbonyl (C=O) groups is 3. The first kappa shape index (κ1) is 24.4. The highest BCUT2D eigenvalue weighted by atomic mass is 32.2. The van der Waals surface area contributed by atoms with Crippen LogP contribution in [0.15, 0.2) is 59.5 Å². The minimum Gasteiger partial charge on any atom is -0.383 e. The van der Waals surface area contributed by atoms with Gasteiger partial charge in [0.25, 0.3) is 5.91 Å². The SMILES string of the molecule is CCN(Cc1ccccc1)C(=O)CNC(=O)c1ccccc1SCC(=O)NCCOC. The van der Waals surface area contributed by atoms with E-state index in [-0.39, 0.29) is 30.0 Å². The number of nitrogens with one attached hydrogen (secondary N) is 2. The number of carbonyl (C=O) groups excluding carboxylic acids is 3. The minimum atomic E-state index is -0.341. The van der Waals surface area contributed by atoms with Gasteiger partial charge in [0.05, 0.1) is 24.5 Å². The Morgan fingerprint density at radius 3 is 2.42 bits per heavy atom. The van der Waals surface area contributed by atoms with Crippen molar-refractivity contribution in [2.24, 2.45) is 0 Å². The highest BCUT2D eigenvalue weighted by Gasteiger charge is 2.16. The van der Waals surface area contributed by atoms with Crippen LogP contribution in [0, 0.1) is 0 Å². The fourth-order valence-electron chi connectivity index (χ4n) is 2.81. The third-order valence-corrected chi connectivity index (χ3v) is 5.54. The Hall–Kier alpha value is -2.84. The van der Waals surface area contributed by atoms with Gasteiger partial charge in [0.2, 0.25) is 11.8 Å². The molecule has 0 heterocycles. The predicted molar refractivity (Wildman–Crippen MR) is 122 cm³/mol. The maximum atomic E-state index is 12.7. The Bertz CT molecular complexity index is 861. The molecule has 8 heteroatoms. The number of rotatable bonds is 12. The summed E-state index contributed by atoms with van der Waals surface area (Å²) in [7, 11) is 1.57. The molecule has 0 radical (unpaired) electrons. The number of hydrogen-bond acceptors (Lipinski definition) is 5. The molecule has 166 valence electrons. The van der Waals surface area contributed by atoms with E-state index in [4.69, 9.17) is 4.74 Å². The standard InChI is InChI=1S/C23H29N3O4S/c1-3-26(16-18-9-5-4-6-10-18)22(28)15-25-23(29)19-11-7-8-12-20(19)31-17-21(27)24-13-14-30-2/h4-12H,3,13-17H2,1-2H3,(H,24,27)(H,25,29). The second-order valence-electron chi connectivity index (χ2n) is 6.70. The summed E-state index contributed by atoms with van der Waals surface area (Å²) in [6, 6.07) is 16.8. The molecule has 0 fully saturated rings. The van der Waals surface area contributed by atoms with Crippen LogP contribution in [0.4, 0.5) is 0 Å². The molecule has 0 aromatic heterocycles. The van der Waals surface area contributed by atoms with Crippen LogP contribution >= 0.6 is 11.8 Å². The van der Waals surface area contributed by atoms with Crippen LogP contribution in [-0.2, 0) is 20.9 Å². The lowest BCUT2D eigenvalue weighted by molar-refractivity contribution is -0.130. The van der Waals surface area contributed by atoms with Crippen LogP contribution in [0.25, 0.3) is 0 Å². The van der Waals surface area contributed by atoms with E-state index >= 15 is 0 Å². The van der Waals surface area contributed by atoms with Gasteiger partial charge in [0, 0.05) is 31.6 Å². The fourth-order valence-corrected chi connectivity index (χ4v) is 3.69. The third-order valence-electron chi connectivity index (χ3n) is 4.47. The monoisotopic (exact) mass is 443 g/mol. The zero-order valence-electron chi connectivity index (χ0n) is 17.9. The van der Waals surface area contributed by atoms with Gasteiger partial charge in [-0.05, 0) is 24.6 Å². The molecule has 2 N–H and O–H groups in total. The van der Waals surface area contributed by atoms with Gasteiger partial charge >= 0.3 is 0 Å². The summed E-state index contributed by atoms with van der Waals surface area (Å²) in [5, 5.41) is 5.45. The van der Waals surface area contributed by atoms with Crippen molar-refractivity contribution in [1.29, 1.82) is 0 Å². The molecule has 0 spiro atoms. The van der Waals surface area contributed by atoms with Gasteiger partial charge in [0.1, 0.15) is 0 Å². The highest BCUT2D eigenvalue weighted by Crippen LogP contribution is 2.22. The van der Waals surface area contributed by atoms with Crippen molar-refractivity contribution < 1.29 is 19.1 Å². The maximum absolute atomic E-state index is 12.7. The molecule has 2 rings (SSSR count). The Kier molecular flexibility index (Phi) is 10.6. The Balaban J connectivity index is 1.90. The van der Waals surface area contributed by atoms with E-state index in [9.17, 15) is 14.4 Å². The van der Waals surface area contributed by atoms with Crippen molar-refractivity contribution in [2.45, 2.75) is 18.4 Å². The molecule has 31 heavy (non-hydrogen) atoms. The molecule has 0 saturated carbocycles. The van der Waals surface area contributed by atoms with Crippen molar-refractivity contribution in [3.63, 3.8) is 0 Å². The number of hydrogen-bond donors (Lipinski definition) is 2. The average Bonchev–Trinajstić information content (AvgIpc) is 2.80. The van der Waals surface area contributed by atoms with E-state index in [1.54, 1.807) is 30.2 Å². The Morgan fingerprint density at radius 1 is 1.00 bits per heavy atom. The number of nitrogens with zero attached hydrogens (tertiary/aromatic N) is 1. The number of likely N-dealkylation sites (N-methyl/N-ethyl adjacent to an activating group) is 1. The van der Waals surface area contributed by atoms with E-state index in [0.29, 0.717) is 36.7 Å². The van der Waals surface area contributed by atoms with Crippen LogP contribution in [-0.4, -0.2) is 61.7 Å². The van der Waals surface area contributed by atoms with Crippen LogP contribution in [0.2, 0.25) is 0 Å². The van der Waals surface area contributed by atoms with Gasteiger partial charge in [-0.3, -0.25) is 14.4 Å². The Morgan fingerprint density at radius 2 is 1.71 bits per heavy atom. The third kappa shape index (κ3) is 8.43. The topological polar surface area (TPSA) is 87.7 Å². The van der Waals surface area contributed by atoms with Crippen molar-refractivity contribution in [3.05, 3.63) is 65.7 Å². The molecule has 0 saturated heterocycles. The largest absolute Gasteiger partial charge is 0.383 e. The van der Waals surface area contributed by atoms with Crippen LogP contribution in [0.3, 0.4) is 0 Å². The van der Waals surface area contributed by atoms with Gasteiger partial charge in [0.15, 0.2) is 0 Å². The molecule has 0 aliphatic heterocycles. The number of amides is 3. The first-order valence-electron chi connectivity index (χ1n) is 10.1. The minimum absolute atomic E-state index is 0.0873. The number of methoxy groups -OCH3 is 1. The van der Waals surface area contributed by atoms with Gasteiger partial charge in [-0.15, -0.1) is 11.8 Å². The van der Waals surface area contributed by atoms with Gasteiger partial charge in [-0.2, -0.15) is 0 Å². The van der Waals surface area contributed by atoms with E-state index in [1.165, 1.54) is 11.8 Å². The average molecular weight is 444 g/mol. The summed E-state index contributed by atoms with van der Waals surface area (Å²) in [6.07, 6.45) is 0.